The molecule has 0 unspecified atom stereocenters. The average molecular weight is 501 g/mol. The molecule has 2 aliphatic heterocycles. The number of alkyl halides is 6. The zero-order valence-corrected chi connectivity index (χ0v) is 18.2. The van der Waals surface area contributed by atoms with E-state index in [9.17, 15) is 0 Å². The van der Waals surface area contributed by atoms with Crippen molar-refractivity contribution in [3.8, 4) is 0 Å². The van der Waals surface area contributed by atoms with Gasteiger partial charge in [-0.05, 0) is 30.2 Å². The Morgan fingerprint density at radius 1 is 1.04 bits per heavy atom. The summed E-state index contributed by atoms with van der Waals surface area (Å²) in [4.78, 5) is 0. The first kappa shape index (κ1) is 20.9. The fraction of sp³-hybridized carbons (Fsp3) is 0.923. The molecule has 3 rings (SSSR count). The quantitative estimate of drug-likeness (QED) is 0.327. The van der Waals surface area contributed by atoms with E-state index in [1.807, 2.05) is 6.92 Å². The van der Waals surface area contributed by atoms with E-state index in [4.69, 9.17) is 107 Å². The summed E-state index contributed by atoms with van der Waals surface area (Å²) < 4.78 is 13.8. The SMILES string of the molecule is C[C@]12[C@H]3CC[C@H](O[C-](Cl)Cl)[C@H]1O[C@@]2(C(Cl)(Cl)Cl)O[C@@H](C(Cl)(Cl)Cl)C3. The van der Waals surface area contributed by atoms with Crippen LogP contribution >= 0.6 is 92.8 Å². The molecule has 0 amide bonds. The Morgan fingerprint density at radius 3 is 2.17 bits per heavy atom. The second-order valence-corrected chi connectivity index (χ2v) is 12.0. The van der Waals surface area contributed by atoms with Gasteiger partial charge in [-0.25, -0.2) is 0 Å². The maximum absolute atomic E-state index is 6.22. The van der Waals surface area contributed by atoms with Crippen molar-refractivity contribution < 1.29 is 14.2 Å². The summed E-state index contributed by atoms with van der Waals surface area (Å²) in [6, 6.07) is 0. The molecule has 1 aliphatic carbocycles. The smallest absolute Gasteiger partial charge is 0.244 e. The highest BCUT2D eigenvalue weighted by Gasteiger charge is 2.81. The Labute approximate surface area is 180 Å². The number of hydrogen-bond donors (Lipinski definition) is 0. The van der Waals surface area contributed by atoms with Gasteiger partial charge >= 0.3 is 0 Å². The molecule has 0 aromatic carbocycles. The highest BCUT2D eigenvalue weighted by molar-refractivity contribution is 6.69. The Hall–Kier alpha value is 2.20. The van der Waals surface area contributed by atoms with Crippen LogP contribution < -0.4 is 0 Å². The largest absolute Gasteiger partial charge is 0.513 e. The molecule has 0 spiro atoms. The first-order chi connectivity index (χ1) is 10.8. The van der Waals surface area contributed by atoms with Gasteiger partial charge in [-0.1, -0.05) is 76.5 Å². The number of halogens is 8. The molecule has 1 saturated carbocycles. The van der Waals surface area contributed by atoms with Gasteiger partial charge in [0, 0.05) is 0 Å². The van der Waals surface area contributed by atoms with Crippen molar-refractivity contribution in [1.82, 2.24) is 0 Å². The minimum Gasteiger partial charge on any atom is -0.513 e. The molecule has 3 nitrogen and oxygen atoms in total. The summed E-state index contributed by atoms with van der Waals surface area (Å²) in [6.45, 7) is 1.93. The Morgan fingerprint density at radius 2 is 1.67 bits per heavy atom. The molecule has 0 aromatic rings. The van der Waals surface area contributed by atoms with E-state index in [1.165, 1.54) is 0 Å². The van der Waals surface area contributed by atoms with E-state index in [2.05, 4.69) is 0 Å². The molecule has 0 aromatic heterocycles. The van der Waals surface area contributed by atoms with Crippen molar-refractivity contribution >= 4 is 92.8 Å². The number of ether oxygens (including phenoxy) is 3. The summed E-state index contributed by atoms with van der Waals surface area (Å²) in [7, 11) is 0. The van der Waals surface area contributed by atoms with Crippen molar-refractivity contribution in [3.05, 3.63) is 5.02 Å². The van der Waals surface area contributed by atoms with E-state index in [1.54, 1.807) is 0 Å². The number of hydrogen-bond acceptors (Lipinski definition) is 3. The molecule has 11 heteroatoms. The Balaban J connectivity index is 1.97. The van der Waals surface area contributed by atoms with Crippen molar-refractivity contribution in [1.29, 1.82) is 0 Å². The van der Waals surface area contributed by atoms with Crippen molar-refractivity contribution in [2.75, 3.05) is 0 Å². The average Bonchev–Trinajstić information content (AvgIpc) is 2.38. The fourth-order valence-electron chi connectivity index (χ4n) is 4.24. The van der Waals surface area contributed by atoms with Crippen LogP contribution in [-0.2, 0) is 14.2 Å². The Kier molecular flexibility index (Phi) is 5.77. The zero-order valence-electron chi connectivity index (χ0n) is 12.2. The highest BCUT2D eigenvalue weighted by Crippen LogP contribution is 2.71. The van der Waals surface area contributed by atoms with Crippen LogP contribution in [0, 0.1) is 16.4 Å². The molecule has 3 fully saturated rings. The van der Waals surface area contributed by atoms with Crippen LogP contribution in [0.3, 0.4) is 0 Å². The lowest BCUT2D eigenvalue weighted by Crippen LogP contribution is -2.83. The topological polar surface area (TPSA) is 27.7 Å². The van der Waals surface area contributed by atoms with E-state index in [0.717, 1.165) is 6.42 Å². The molecule has 0 bridgehead atoms. The van der Waals surface area contributed by atoms with Crippen LogP contribution in [-0.4, -0.2) is 31.7 Å². The van der Waals surface area contributed by atoms with Crippen LogP contribution in [0.2, 0.25) is 0 Å². The Bertz CT molecular complexity index is 506. The second kappa shape index (κ2) is 6.62. The van der Waals surface area contributed by atoms with Gasteiger partial charge in [0.05, 0.1) is 17.6 Å². The van der Waals surface area contributed by atoms with Gasteiger partial charge in [-0.2, -0.15) is 0 Å². The van der Waals surface area contributed by atoms with Gasteiger partial charge in [0.2, 0.25) is 13.4 Å². The third kappa shape index (κ3) is 3.06. The van der Waals surface area contributed by atoms with E-state index in [-0.39, 0.29) is 17.0 Å². The molecule has 6 atom stereocenters. The summed E-state index contributed by atoms with van der Waals surface area (Å²) in [5, 5.41) is -0.187. The third-order valence-corrected chi connectivity index (χ3v) is 7.02. The first-order valence-corrected chi connectivity index (χ1v) is 10.2. The standard InChI is InChI=1S/C13H13Cl8O3/c1-10-5-2-3-6(22-9(14)15)8(10)24-12(10,13(19,20)21)23-7(4-5)11(16,17)18/h5-8H,2-4H2,1H3/q-1/t5-,6-,7+,8+,10-,12-/m0/s1. The molecule has 0 radical (unpaired) electrons. The summed E-state index contributed by atoms with van der Waals surface area (Å²) in [5.41, 5.74) is -0.656. The first-order valence-electron chi connectivity index (χ1n) is 7.16. The van der Waals surface area contributed by atoms with Crippen LogP contribution in [0.4, 0.5) is 0 Å². The van der Waals surface area contributed by atoms with Gasteiger partial charge in [0.25, 0.3) is 0 Å². The summed E-state index contributed by atoms with van der Waals surface area (Å²) >= 11 is 48.1. The lowest BCUT2D eigenvalue weighted by molar-refractivity contribution is -0.484. The van der Waals surface area contributed by atoms with Crippen LogP contribution in [0.1, 0.15) is 26.2 Å². The van der Waals surface area contributed by atoms with Gasteiger partial charge in [0.15, 0.2) is 0 Å². The predicted molar refractivity (Wildman–Crippen MR) is 98.3 cm³/mol. The van der Waals surface area contributed by atoms with Crippen LogP contribution in [0.5, 0.6) is 0 Å². The molecule has 2 saturated heterocycles. The second-order valence-electron chi connectivity index (χ2n) is 6.48. The van der Waals surface area contributed by atoms with E-state index >= 15 is 0 Å². The van der Waals surface area contributed by atoms with Gasteiger partial charge in [-0.15, -0.1) is 0 Å². The van der Waals surface area contributed by atoms with E-state index < -0.39 is 31.0 Å². The highest BCUT2D eigenvalue weighted by atomic mass is 35.6. The van der Waals surface area contributed by atoms with Crippen LogP contribution in [0.15, 0.2) is 0 Å². The lowest BCUT2D eigenvalue weighted by Gasteiger charge is -2.73. The predicted octanol–water partition coefficient (Wildman–Crippen LogP) is 6.34. The molecular weight excluding hydrogens is 488 g/mol. The van der Waals surface area contributed by atoms with E-state index in [0.29, 0.717) is 12.8 Å². The maximum Gasteiger partial charge on any atom is 0.244 e. The van der Waals surface area contributed by atoms with Crippen molar-refractivity contribution in [2.24, 2.45) is 11.3 Å². The molecule has 0 N–H and O–H groups in total. The van der Waals surface area contributed by atoms with Gasteiger partial charge < -0.3 is 14.2 Å². The molecule has 2 heterocycles. The van der Waals surface area contributed by atoms with Crippen LogP contribution in [0.25, 0.3) is 0 Å². The van der Waals surface area contributed by atoms with Crippen molar-refractivity contribution in [2.45, 2.75) is 57.9 Å². The number of rotatable bonds is 2. The summed E-state index contributed by atoms with van der Waals surface area (Å²) in [6.07, 6.45) is 0.361. The third-order valence-electron chi connectivity index (χ3n) is 5.36. The van der Waals surface area contributed by atoms with Gasteiger partial charge in [-0.3, -0.25) is 23.2 Å². The molecule has 3 aliphatic rings. The minimum atomic E-state index is -1.89. The fourth-order valence-corrected chi connectivity index (χ4v) is 5.74. The van der Waals surface area contributed by atoms with Crippen molar-refractivity contribution in [3.63, 3.8) is 0 Å². The molecular formula is C13H13Cl8O3-. The lowest BCUT2D eigenvalue weighted by atomic mass is 9.54. The monoisotopic (exact) mass is 497 g/mol. The summed E-state index contributed by atoms with van der Waals surface area (Å²) in [5.74, 6) is -1.50. The molecule has 24 heavy (non-hydrogen) atoms. The van der Waals surface area contributed by atoms with Gasteiger partial charge in [0.1, 0.15) is 6.10 Å². The molecule has 140 valence electrons. The minimum absolute atomic E-state index is 0.0511. The normalized spacial score (nSPS) is 45.8. The maximum atomic E-state index is 6.22. The zero-order chi connectivity index (χ0) is 18.1.